The van der Waals surface area contributed by atoms with E-state index in [0.29, 0.717) is 5.56 Å². The maximum Gasteiger partial charge on any atom is 0.101 e. The fourth-order valence-corrected chi connectivity index (χ4v) is 1.36. The number of anilines is 1. The molecule has 0 radical (unpaired) electrons. The molecule has 0 aliphatic rings. The van der Waals surface area contributed by atoms with E-state index < -0.39 is 0 Å². The summed E-state index contributed by atoms with van der Waals surface area (Å²) in [6, 6.07) is 8.00. The second-order valence-corrected chi connectivity index (χ2v) is 3.45. The molecule has 0 spiro atoms. The van der Waals surface area contributed by atoms with Crippen molar-refractivity contribution in [2.45, 2.75) is 20.3 Å². The summed E-state index contributed by atoms with van der Waals surface area (Å²) in [5.74, 6) is 0. The maximum atomic E-state index is 8.91. The molecule has 0 aliphatic carbocycles. The van der Waals surface area contributed by atoms with Gasteiger partial charge < -0.3 is 5.32 Å². The summed E-state index contributed by atoms with van der Waals surface area (Å²) in [5.41, 5.74) is 2.81. The third-order valence-corrected chi connectivity index (χ3v) is 2.16. The van der Waals surface area contributed by atoms with E-state index in [-0.39, 0.29) is 0 Å². The van der Waals surface area contributed by atoms with Gasteiger partial charge >= 0.3 is 0 Å². The highest BCUT2D eigenvalue weighted by atomic mass is 14.9. The molecule has 0 aromatic heterocycles. The Morgan fingerprint density at radius 2 is 2.27 bits per heavy atom. The first kappa shape index (κ1) is 11.3. The number of allylic oxidation sites excluding steroid dienone is 1. The number of benzene rings is 1. The molecule has 15 heavy (non-hydrogen) atoms. The monoisotopic (exact) mass is 200 g/mol. The molecule has 0 fully saturated rings. The maximum absolute atomic E-state index is 8.91. The van der Waals surface area contributed by atoms with Crippen LogP contribution < -0.4 is 5.32 Å². The smallest absolute Gasteiger partial charge is 0.101 e. The van der Waals surface area contributed by atoms with Crippen molar-refractivity contribution in [2.75, 3.05) is 11.9 Å². The van der Waals surface area contributed by atoms with Crippen LogP contribution in [0.15, 0.2) is 30.4 Å². The van der Waals surface area contributed by atoms with Crippen LogP contribution in [0.4, 0.5) is 5.69 Å². The first-order valence-corrected chi connectivity index (χ1v) is 5.13. The summed E-state index contributed by atoms with van der Waals surface area (Å²) in [6.45, 7) is 4.90. The Bertz CT molecular complexity index is 386. The van der Waals surface area contributed by atoms with Gasteiger partial charge in [-0.15, -0.1) is 0 Å². The van der Waals surface area contributed by atoms with Crippen molar-refractivity contribution in [1.82, 2.24) is 0 Å². The zero-order valence-corrected chi connectivity index (χ0v) is 9.25. The number of aryl methyl sites for hydroxylation is 1. The van der Waals surface area contributed by atoms with Crippen LogP contribution in [0.3, 0.4) is 0 Å². The summed E-state index contributed by atoms with van der Waals surface area (Å²) in [4.78, 5) is 0. The van der Waals surface area contributed by atoms with Gasteiger partial charge in [0.2, 0.25) is 0 Å². The minimum atomic E-state index is 0.709. The van der Waals surface area contributed by atoms with Gasteiger partial charge in [-0.1, -0.05) is 18.2 Å². The van der Waals surface area contributed by atoms with Gasteiger partial charge in [-0.3, -0.25) is 0 Å². The van der Waals surface area contributed by atoms with E-state index in [1.165, 1.54) is 5.56 Å². The van der Waals surface area contributed by atoms with Crippen LogP contribution in [0.2, 0.25) is 0 Å². The van der Waals surface area contributed by atoms with Crippen LogP contribution in [0, 0.1) is 18.3 Å². The fraction of sp³-hybridized carbons (Fsp3) is 0.308. The van der Waals surface area contributed by atoms with Gasteiger partial charge in [-0.05, 0) is 38.0 Å². The lowest BCUT2D eigenvalue weighted by molar-refractivity contribution is 1.06. The van der Waals surface area contributed by atoms with Crippen LogP contribution in [-0.2, 0) is 0 Å². The molecule has 1 N–H and O–H groups in total. The van der Waals surface area contributed by atoms with E-state index in [9.17, 15) is 0 Å². The van der Waals surface area contributed by atoms with E-state index in [2.05, 4.69) is 17.5 Å². The second kappa shape index (κ2) is 5.87. The molecule has 0 atom stereocenters. The van der Waals surface area contributed by atoms with Crippen molar-refractivity contribution in [3.8, 4) is 6.07 Å². The van der Waals surface area contributed by atoms with Gasteiger partial charge in [0, 0.05) is 6.54 Å². The highest BCUT2D eigenvalue weighted by Crippen LogP contribution is 2.16. The average Bonchev–Trinajstić information content (AvgIpc) is 2.25. The third kappa shape index (κ3) is 3.47. The molecule has 0 saturated heterocycles. The van der Waals surface area contributed by atoms with Gasteiger partial charge in [-0.25, -0.2) is 0 Å². The Hall–Kier alpha value is -1.75. The highest BCUT2D eigenvalue weighted by Gasteiger charge is 2.00. The number of hydrogen-bond acceptors (Lipinski definition) is 2. The quantitative estimate of drug-likeness (QED) is 0.598. The van der Waals surface area contributed by atoms with Gasteiger partial charge in [0.05, 0.1) is 11.3 Å². The van der Waals surface area contributed by atoms with E-state index in [0.717, 1.165) is 18.7 Å². The summed E-state index contributed by atoms with van der Waals surface area (Å²) >= 11 is 0. The Kier molecular flexibility index (Phi) is 4.43. The molecule has 2 heteroatoms. The van der Waals surface area contributed by atoms with Crippen molar-refractivity contribution < 1.29 is 0 Å². The number of nitriles is 1. The zero-order valence-electron chi connectivity index (χ0n) is 9.25. The van der Waals surface area contributed by atoms with Gasteiger partial charge in [-0.2, -0.15) is 5.26 Å². The molecular weight excluding hydrogens is 184 g/mol. The van der Waals surface area contributed by atoms with Crippen molar-refractivity contribution in [3.63, 3.8) is 0 Å². The summed E-state index contributed by atoms with van der Waals surface area (Å²) in [5, 5.41) is 12.2. The van der Waals surface area contributed by atoms with Crippen molar-refractivity contribution >= 4 is 5.69 Å². The molecule has 0 saturated carbocycles. The molecule has 1 rings (SSSR count). The van der Waals surface area contributed by atoms with Crippen molar-refractivity contribution in [1.29, 1.82) is 5.26 Å². The second-order valence-electron chi connectivity index (χ2n) is 3.45. The number of nitrogens with zero attached hydrogens (tertiary/aromatic N) is 1. The Labute approximate surface area is 91.2 Å². The summed E-state index contributed by atoms with van der Waals surface area (Å²) in [6.07, 6.45) is 5.12. The normalized spacial score (nSPS) is 10.2. The van der Waals surface area contributed by atoms with Gasteiger partial charge in [0.25, 0.3) is 0 Å². The lowest BCUT2D eigenvalue weighted by atomic mass is 10.1. The zero-order chi connectivity index (χ0) is 11.1. The molecule has 1 aromatic carbocycles. The van der Waals surface area contributed by atoms with E-state index in [1.807, 2.05) is 38.1 Å². The van der Waals surface area contributed by atoms with Crippen LogP contribution in [0.25, 0.3) is 0 Å². The molecule has 78 valence electrons. The van der Waals surface area contributed by atoms with Crippen LogP contribution >= 0.6 is 0 Å². The highest BCUT2D eigenvalue weighted by molar-refractivity contribution is 5.58. The molecule has 0 heterocycles. The van der Waals surface area contributed by atoms with Crippen molar-refractivity contribution in [2.24, 2.45) is 0 Å². The van der Waals surface area contributed by atoms with Crippen LogP contribution in [-0.4, -0.2) is 6.54 Å². The topological polar surface area (TPSA) is 35.8 Å². The molecule has 2 nitrogen and oxygen atoms in total. The fourth-order valence-electron chi connectivity index (χ4n) is 1.36. The lowest BCUT2D eigenvalue weighted by Gasteiger charge is -2.07. The summed E-state index contributed by atoms with van der Waals surface area (Å²) < 4.78 is 0. The molecule has 1 aromatic rings. The van der Waals surface area contributed by atoms with Gasteiger partial charge in [0.1, 0.15) is 6.07 Å². The molecule has 0 unspecified atom stereocenters. The molecular formula is C13H16N2. The standard InChI is InChI=1S/C13H16N2/c1-3-4-5-8-15-13-9-11(2)6-7-12(13)10-14/h3-4,6-7,9,15H,5,8H2,1-2H3/b4-3+. The number of nitrogens with one attached hydrogen (secondary N) is 1. The van der Waals surface area contributed by atoms with Crippen LogP contribution in [0.5, 0.6) is 0 Å². The number of rotatable bonds is 4. The molecule has 0 amide bonds. The summed E-state index contributed by atoms with van der Waals surface area (Å²) in [7, 11) is 0. The minimum Gasteiger partial charge on any atom is -0.384 e. The minimum absolute atomic E-state index is 0.709. The predicted octanol–water partition coefficient (Wildman–Crippen LogP) is 3.24. The first-order chi connectivity index (χ1) is 7.27. The molecule has 0 bridgehead atoms. The Morgan fingerprint density at radius 1 is 1.47 bits per heavy atom. The van der Waals surface area contributed by atoms with Gasteiger partial charge in [0.15, 0.2) is 0 Å². The Morgan fingerprint density at radius 3 is 2.93 bits per heavy atom. The lowest BCUT2D eigenvalue weighted by Crippen LogP contribution is -2.02. The Balaban J connectivity index is 2.67. The SMILES string of the molecule is C/C=C/CCNc1cc(C)ccc1C#N. The predicted molar refractivity (Wildman–Crippen MR) is 63.8 cm³/mol. The van der Waals surface area contributed by atoms with Crippen LogP contribution in [0.1, 0.15) is 24.5 Å². The van der Waals surface area contributed by atoms with E-state index in [1.54, 1.807) is 0 Å². The first-order valence-electron chi connectivity index (χ1n) is 5.13. The van der Waals surface area contributed by atoms with Crippen molar-refractivity contribution in [3.05, 3.63) is 41.5 Å². The van der Waals surface area contributed by atoms with E-state index >= 15 is 0 Å². The number of hydrogen-bond donors (Lipinski definition) is 1. The largest absolute Gasteiger partial charge is 0.384 e. The van der Waals surface area contributed by atoms with E-state index in [4.69, 9.17) is 5.26 Å². The molecule has 0 aliphatic heterocycles. The third-order valence-electron chi connectivity index (χ3n) is 2.16. The average molecular weight is 200 g/mol.